The van der Waals surface area contributed by atoms with Crippen molar-refractivity contribution in [2.45, 2.75) is 56.0 Å². The van der Waals surface area contributed by atoms with E-state index >= 15 is 0 Å². The summed E-state index contributed by atoms with van der Waals surface area (Å²) in [5, 5.41) is 9.20. The molecule has 2 saturated heterocycles. The van der Waals surface area contributed by atoms with Crippen LogP contribution in [-0.4, -0.2) is 71.5 Å². The Balaban J connectivity index is 1.54. The number of morpholine rings is 1. The minimum Gasteiger partial charge on any atom is -0.377 e. The molecule has 1 unspecified atom stereocenters. The van der Waals surface area contributed by atoms with E-state index in [0.29, 0.717) is 43.9 Å². The Kier molecular flexibility index (Phi) is 5.19. The van der Waals surface area contributed by atoms with Crippen LogP contribution in [0.3, 0.4) is 0 Å². The van der Waals surface area contributed by atoms with Gasteiger partial charge in [-0.15, -0.1) is 0 Å². The van der Waals surface area contributed by atoms with E-state index < -0.39 is 14.6 Å². The lowest BCUT2D eigenvalue weighted by atomic mass is 10.1. The van der Waals surface area contributed by atoms with Crippen molar-refractivity contribution in [3.05, 3.63) is 30.2 Å². The third kappa shape index (κ3) is 3.44. The molecule has 2 atom stereocenters. The zero-order valence-corrected chi connectivity index (χ0v) is 20.4. The lowest BCUT2D eigenvalue weighted by Crippen LogP contribution is -2.44. The van der Waals surface area contributed by atoms with E-state index in [-0.39, 0.29) is 12.3 Å². The molecule has 0 amide bonds. The first kappa shape index (κ1) is 22.0. The van der Waals surface area contributed by atoms with Crippen LogP contribution in [0, 0.1) is 0 Å². The Labute approximate surface area is 198 Å². The summed E-state index contributed by atoms with van der Waals surface area (Å²) < 4.78 is 40.1. The fourth-order valence-electron chi connectivity index (χ4n) is 5.27. The van der Waals surface area contributed by atoms with Crippen LogP contribution in [0.15, 0.2) is 24.5 Å². The van der Waals surface area contributed by atoms with Gasteiger partial charge < -0.3 is 14.4 Å². The molecule has 6 rings (SSSR count). The van der Waals surface area contributed by atoms with Gasteiger partial charge in [0.15, 0.2) is 21.7 Å². The lowest BCUT2D eigenvalue weighted by Gasteiger charge is -2.34. The third-order valence-corrected chi connectivity index (χ3v) is 9.41. The number of ether oxygens (including phenoxy) is 2. The van der Waals surface area contributed by atoms with Gasteiger partial charge in [-0.2, -0.15) is 10.2 Å². The highest BCUT2D eigenvalue weighted by molar-refractivity contribution is 7.91. The molecule has 34 heavy (non-hydrogen) atoms. The molecule has 3 aromatic heterocycles. The van der Waals surface area contributed by atoms with Crippen LogP contribution in [-0.2, 0) is 24.1 Å². The molecule has 0 spiro atoms. The van der Waals surface area contributed by atoms with E-state index in [1.807, 2.05) is 16.8 Å². The van der Waals surface area contributed by atoms with Crippen molar-refractivity contribution in [1.29, 1.82) is 0 Å². The first-order valence-electron chi connectivity index (χ1n) is 12.0. The molecular weight excluding hydrogens is 456 g/mol. The van der Waals surface area contributed by atoms with Crippen molar-refractivity contribution >= 4 is 21.3 Å². The van der Waals surface area contributed by atoms with Gasteiger partial charge >= 0.3 is 0 Å². The predicted octanol–water partition coefficient (Wildman–Crippen LogP) is 2.55. The first-order chi connectivity index (χ1) is 16.4. The maximum atomic E-state index is 12.9. The first-order valence-corrected chi connectivity index (χ1v) is 13.9. The zero-order chi connectivity index (χ0) is 23.5. The van der Waals surface area contributed by atoms with E-state index in [4.69, 9.17) is 14.5 Å². The standard InChI is InChI=1S/C23H30N6O4S/c1-16-15-32-12-10-27(16)20-13-19(23(7-8-23)34(2,30)31)29-22(26-20)17(14-25-29)18-6-9-24-28(18)21-5-3-4-11-33-21/h6,9,13-14,16,21H,3-5,7-8,10-12,15H2,1-2H3/t16-,21?/m1/s1. The summed E-state index contributed by atoms with van der Waals surface area (Å²) in [5.41, 5.74) is 3.01. The van der Waals surface area contributed by atoms with Crippen LogP contribution in [0.2, 0.25) is 0 Å². The number of nitrogens with zero attached hydrogens (tertiary/aromatic N) is 6. The maximum Gasteiger partial charge on any atom is 0.167 e. The molecule has 1 saturated carbocycles. The second kappa shape index (κ2) is 8.03. The number of fused-ring (bicyclic) bond motifs is 1. The van der Waals surface area contributed by atoms with Gasteiger partial charge in [-0.25, -0.2) is 22.6 Å². The largest absolute Gasteiger partial charge is 0.377 e. The van der Waals surface area contributed by atoms with Crippen molar-refractivity contribution in [3.63, 3.8) is 0 Å². The molecule has 0 N–H and O–H groups in total. The molecular formula is C23H30N6O4S. The van der Waals surface area contributed by atoms with Gasteiger partial charge in [-0.3, -0.25) is 0 Å². The number of rotatable bonds is 5. The topological polar surface area (TPSA) is 104 Å². The van der Waals surface area contributed by atoms with E-state index in [2.05, 4.69) is 22.0 Å². The smallest absolute Gasteiger partial charge is 0.167 e. The second-order valence-corrected chi connectivity index (χ2v) is 12.0. The summed E-state index contributed by atoms with van der Waals surface area (Å²) in [6, 6.07) is 4.00. The monoisotopic (exact) mass is 486 g/mol. The molecule has 1 aliphatic carbocycles. The molecule has 182 valence electrons. The predicted molar refractivity (Wildman–Crippen MR) is 126 cm³/mol. The SMILES string of the molecule is C[C@@H]1COCCN1c1cc(C2(S(C)(=O)=O)CC2)n2ncc(-c3ccnn3C3CCCCO3)c2n1. The second-order valence-electron chi connectivity index (χ2n) is 9.66. The van der Waals surface area contributed by atoms with Gasteiger partial charge in [-0.05, 0) is 45.1 Å². The van der Waals surface area contributed by atoms with Crippen LogP contribution in [0.1, 0.15) is 50.9 Å². The van der Waals surface area contributed by atoms with Crippen LogP contribution in [0.25, 0.3) is 16.9 Å². The number of sulfone groups is 1. The molecule has 5 heterocycles. The van der Waals surface area contributed by atoms with Crippen molar-refractivity contribution in [2.75, 3.05) is 37.5 Å². The third-order valence-electron chi connectivity index (χ3n) is 7.38. The molecule has 3 aliphatic rings. The van der Waals surface area contributed by atoms with Crippen molar-refractivity contribution in [3.8, 4) is 11.3 Å². The summed E-state index contributed by atoms with van der Waals surface area (Å²) in [7, 11) is -3.34. The number of anilines is 1. The average Bonchev–Trinajstić information content (AvgIpc) is 3.33. The highest BCUT2D eigenvalue weighted by Gasteiger charge is 2.56. The van der Waals surface area contributed by atoms with E-state index in [0.717, 1.165) is 42.9 Å². The fraction of sp³-hybridized carbons (Fsp3) is 0.609. The van der Waals surface area contributed by atoms with Crippen LogP contribution in [0.5, 0.6) is 0 Å². The summed E-state index contributed by atoms with van der Waals surface area (Å²) >= 11 is 0. The molecule has 3 fully saturated rings. The minimum atomic E-state index is -3.34. The van der Waals surface area contributed by atoms with Gasteiger partial charge in [0.1, 0.15) is 10.6 Å². The van der Waals surface area contributed by atoms with Gasteiger partial charge in [0.05, 0.1) is 42.4 Å². The van der Waals surface area contributed by atoms with E-state index in [1.54, 1.807) is 16.9 Å². The van der Waals surface area contributed by atoms with Gasteiger partial charge in [0, 0.05) is 31.7 Å². The lowest BCUT2D eigenvalue weighted by molar-refractivity contribution is -0.0383. The number of hydrogen-bond donors (Lipinski definition) is 0. The van der Waals surface area contributed by atoms with E-state index in [1.165, 1.54) is 6.26 Å². The summed E-state index contributed by atoms with van der Waals surface area (Å²) in [4.78, 5) is 7.23. The van der Waals surface area contributed by atoms with Crippen LogP contribution in [0.4, 0.5) is 5.82 Å². The van der Waals surface area contributed by atoms with Gasteiger partial charge in [0.2, 0.25) is 0 Å². The minimum absolute atomic E-state index is 0.124. The highest BCUT2D eigenvalue weighted by atomic mass is 32.2. The van der Waals surface area contributed by atoms with Crippen molar-refractivity contribution in [2.24, 2.45) is 0 Å². The Morgan fingerprint density at radius 2 is 2.03 bits per heavy atom. The molecule has 0 radical (unpaired) electrons. The Morgan fingerprint density at radius 1 is 1.18 bits per heavy atom. The Bertz CT molecular complexity index is 1320. The number of aromatic nitrogens is 5. The van der Waals surface area contributed by atoms with Gasteiger partial charge in [-0.1, -0.05) is 0 Å². The van der Waals surface area contributed by atoms with Crippen molar-refractivity contribution < 1.29 is 17.9 Å². The van der Waals surface area contributed by atoms with Crippen LogP contribution < -0.4 is 4.90 Å². The molecule has 11 heteroatoms. The highest BCUT2D eigenvalue weighted by Crippen LogP contribution is 2.53. The molecule has 3 aromatic rings. The molecule has 0 aromatic carbocycles. The Morgan fingerprint density at radius 3 is 2.74 bits per heavy atom. The molecule has 0 bridgehead atoms. The Hall–Kier alpha value is -2.50. The maximum absolute atomic E-state index is 12.9. The van der Waals surface area contributed by atoms with Crippen molar-refractivity contribution in [1.82, 2.24) is 24.4 Å². The zero-order valence-electron chi connectivity index (χ0n) is 19.6. The molecule has 10 nitrogen and oxygen atoms in total. The fourth-order valence-corrected chi connectivity index (χ4v) is 6.64. The van der Waals surface area contributed by atoms with E-state index in [9.17, 15) is 8.42 Å². The normalized spacial score (nSPS) is 25.1. The quantitative estimate of drug-likeness (QED) is 0.542. The summed E-state index contributed by atoms with van der Waals surface area (Å²) in [5.74, 6) is 0.759. The number of hydrogen-bond acceptors (Lipinski definition) is 8. The summed E-state index contributed by atoms with van der Waals surface area (Å²) in [6.45, 7) is 4.74. The summed E-state index contributed by atoms with van der Waals surface area (Å²) in [6.07, 6.45) is 8.97. The van der Waals surface area contributed by atoms with Crippen LogP contribution >= 0.6 is 0 Å². The van der Waals surface area contributed by atoms with Gasteiger partial charge in [0.25, 0.3) is 0 Å². The average molecular weight is 487 g/mol. The molecule has 2 aliphatic heterocycles.